The molecule has 8 nitrogen and oxygen atoms in total. The fourth-order valence-electron chi connectivity index (χ4n) is 2.78. The van der Waals surface area contributed by atoms with Crippen LogP contribution in [0, 0.1) is 0 Å². The molecule has 25 heavy (non-hydrogen) atoms. The lowest BCUT2D eigenvalue weighted by atomic mass is 9.94. The number of sulfonamides is 1. The summed E-state index contributed by atoms with van der Waals surface area (Å²) in [5, 5.41) is 9.07. The first-order valence-electron chi connectivity index (χ1n) is 7.47. The van der Waals surface area contributed by atoms with Gasteiger partial charge in [0.1, 0.15) is 6.04 Å². The van der Waals surface area contributed by atoms with E-state index in [-0.39, 0.29) is 18.7 Å². The Morgan fingerprint density at radius 2 is 1.88 bits per heavy atom. The highest BCUT2D eigenvalue weighted by atomic mass is 32.2. The van der Waals surface area contributed by atoms with Gasteiger partial charge in [0.25, 0.3) is 15.9 Å². The van der Waals surface area contributed by atoms with E-state index in [0.29, 0.717) is 0 Å². The Kier molecular flexibility index (Phi) is 4.36. The maximum atomic E-state index is 12.7. The van der Waals surface area contributed by atoms with Crippen molar-refractivity contribution in [1.82, 2.24) is 9.62 Å². The number of hydrogen-bond acceptors (Lipinski definition) is 5. The minimum atomic E-state index is -3.82. The number of carbonyl (C=O) groups excluding carboxylic acids is 1. The van der Waals surface area contributed by atoms with Crippen LogP contribution in [0.25, 0.3) is 0 Å². The molecular weight excluding hydrogens is 348 g/mol. The molecule has 2 aromatic rings. The van der Waals surface area contributed by atoms with Gasteiger partial charge in [-0.25, -0.2) is 17.9 Å². The molecule has 0 unspecified atom stereocenters. The van der Waals surface area contributed by atoms with E-state index in [1.165, 1.54) is 18.0 Å². The van der Waals surface area contributed by atoms with Gasteiger partial charge in [-0.2, -0.15) is 0 Å². The predicted octanol–water partition coefficient (Wildman–Crippen LogP) is 0.839. The molecule has 2 N–H and O–H groups in total. The number of aliphatic carboxylic acids is 1. The average molecular weight is 364 g/mol. The second kappa shape index (κ2) is 6.34. The molecule has 1 aromatic heterocycles. The Bertz CT molecular complexity index is 934. The van der Waals surface area contributed by atoms with Crippen LogP contribution in [-0.4, -0.2) is 43.4 Å². The van der Waals surface area contributed by atoms with E-state index in [1.807, 2.05) is 24.3 Å². The Morgan fingerprint density at radius 3 is 2.52 bits per heavy atom. The Balaban J connectivity index is 1.94. The van der Waals surface area contributed by atoms with E-state index in [9.17, 15) is 23.1 Å². The monoisotopic (exact) mass is 364 g/mol. The molecule has 0 aliphatic carbocycles. The minimum absolute atomic E-state index is 0.112. The van der Waals surface area contributed by atoms with Gasteiger partial charge in [0, 0.05) is 13.0 Å². The van der Waals surface area contributed by atoms with E-state index >= 15 is 0 Å². The second-order valence-corrected chi connectivity index (χ2v) is 7.40. The summed E-state index contributed by atoms with van der Waals surface area (Å²) in [6.45, 7) is 0.112. The van der Waals surface area contributed by atoms with E-state index in [2.05, 4.69) is 4.72 Å². The van der Waals surface area contributed by atoms with Crippen molar-refractivity contribution in [2.75, 3.05) is 7.05 Å². The normalized spacial score (nSPS) is 17.2. The molecule has 132 valence electrons. The lowest BCUT2D eigenvalue weighted by Crippen LogP contribution is -2.48. The number of nitrogens with one attached hydrogen (secondary N) is 1. The number of carboxylic acids is 1. The number of amides is 1. The zero-order valence-corrected chi connectivity index (χ0v) is 14.1. The molecule has 1 aromatic carbocycles. The van der Waals surface area contributed by atoms with Gasteiger partial charge in [-0.05, 0) is 30.3 Å². The first-order valence-corrected chi connectivity index (χ1v) is 8.95. The maximum absolute atomic E-state index is 12.7. The Labute approximate surface area is 144 Å². The number of benzene rings is 1. The molecule has 1 aliphatic rings. The highest BCUT2D eigenvalue weighted by Crippen LogP contribution is 2.26. The zero-order valence-electron chi connectivity index (χ0n) is 13.3. The van der Waals surface area contributed by atoms with Crippen molar-refractivity contribution in [3.8, 4) is 0 Å². The lowest BCUT2D eigenvalue weighted by Gasteiger charge is -2.33. The Hall–Kier alpha value is -2.65. The van der Waals surface area contributed by atoms with Crippen LogP contribution < -0.4 is 4.72 Å². The smallest absolute Gasteiger partial charge is 0.326 e. The van der Waals surface area contributed by atoms with Gasteiger partial charge in [-0.1, -0.05) is 24.3 Å². The second-order valence-electron chi connectivity index (χ2n) is 5.59. The van der Waals surface area contributed by atoms with Crippen molar-refractivity contribution in [3.05, 3.63) is 53.3 Å². The number of carboxylic acid groups (broad SMARTS) is 1. The van der Waals surface area contributed by atoms with Crippen LogP contribution in [0.5, 0.6) is 0 Å². The third-order valence-corrected chi connectivity index (χ3v) is 5.41. The molecule has 0 radical (unpaired) electrons. The third-order valence-electron chi connectivity index (χ3n) is 4.12. The summed E-state index contributed by atoms with van der Waals surface area (Å²) in [4.78, 5) is 25.5. The number of nitrogens with zero attached hydrogens (tertiary/aromatic N) is 1. The molecule has 0 bridgehead atoms. The van der Waals surface area contributed by atoms with Crippen molar-refractivity contribution >= 4 is 21.9 Å². The van der Waals surface area contributed by atoms with Crippen LogP contribution in [0.2, 0.25) is 0 Å². The van der Waals surface area contributed by atoms with Gasteiger partial charge in [-0.15, -0.1) is 0 Å². The third kappa shape index (κ3) is 3.15. The molecule has 1 aliphatic heterocycles. The molecule has 0 saturated carbocycles. The van der Waals surface area contributed by atoms with E-state index in [0.717, 1.165) is 17.2 Å². The zero-order chi connectivity index (χ0) is 18.2. The van der Waals surface area contributed by atoms with Gasteiger partial charge in [0.2, 0.25) is 5.09 Å². The number of furan rings is 1. The average Bonchev–Trinajstić information content (AvgIpc) is 3.10. The quantitative estimate of drug-likeness (QED) is 0.830. The van der Waals surface area contributed by atoms with Gasteiger partial charge >= 0.3 is 5.97 Å². The van der Waals surface area contributed by atoms with E-state index in [4.69, 9.17) is 4.42 Å². The molecule has 3 rings (SSSR count). The van der Waals surface area contributed by atoms with Crippen LogP contribution in [0.3, 0.4) is 0 Å². The van der Waals surface area contributed by atoms with E-state index in [1.54, 1.807) is 0 Å². The SMILES string of the molecule is CNS(=O)(=O)c1ccc(C(=O)N2Cc3ccccc3C[C@@H]2C(=O)O)o1. The van der Waals surface area contributed by atoms with E-state index < -0.39 is 33.0 Å². The molecular formula is C16H16N2O6S. The van der Waals surface area contributed by atoms with Crippen molar-refractivity contribution in [2.45, 2.75) is 24.1 Å². The van der Waals surface area contributed by atoms with Crippen LogP contribution in [-0.2, 0) is 27.8 Å². The standard InChI is InChI=1S/C16H16N2O6S/c1-17-25(22,23)14-7-6-13(24-14)15(19)18-9-11-5-3-2-4-10(11)8-12(18)16(20)21/h2-7,12,17H,8-9H2,1H3,(H,20,21)/t12-/m1/s1. The summed E-state index contributed by atoms with van der Waals surface area (Å²) >= 11 is 0. The van der Waals surface area contributed by atoms with Crippen LogP contribution in [0.1, 0.15) is 21.7 Å². The molecule has 9 heteroatoms. The first kappa shape index (κ1) is 17.2. The fourth-order valence-corrected chi connectivity index (χ4v) is 3.43. The van der Waals surface area contributed by atoms with Gasteiger partial charge < -0.3 is 14.4 Å². The van der Waals surface area contributed by atoms with Crippen molar-refractivity contribution in [3.63, 3.8) is 0 Å². The molecule has 0 spiro atoms. The summed E-state index contributed by atoms with van der Waals surface area (Å²) in [7, 11) is -2.60. The van der Waals surface area contributed by atoms with Crippen LogP contribution in [0.15, 0.2) is 45.9 Å². The topological polar surface area (TPSA) is 117 Å². The summed E-state index contributed by atoms with van der Waals surface area (Å²) in [6, 6.07) is 8.63. The maximum Gasteiger partial charge on any atom is 0.326 e. The number of carbonyl (C=O) groups is 2. The number of fused-ring (bicyclic) bond motifs is 1. The van der Waals surface area contributed by atoms with Gasteiger partial charge in [-0.3, -0.25) is 4.79 Å². The van der Waals surface area contributed by atoms with Crippen molar-refractivity contribution < 1.29 is 27.5 Å². The molecule has 2 heterocycles. The molecule has 1 amide bonds. The fraction of sp³-hybridized carbons (Fsp3) is 0.250. The summed E-state index contributed by atoms with van der Waals surface area (Å²) in [5.41, 5.74) is 1.72. The highest BCUT2D eigenvalue weighted by molar-refractivity contribution is 7.89. The molecule has 0 fully saturated rings. The largest absolute Gasteiger partial charge is 0.480 e. The lowest BCUT2D eigenvalue weighted by molar-refractivity contribution is -0.142. The van der Waals surface area contributed by atoms with Gasteiger partial charge in [0.05, 0.1) is 0 Å². The summed E-state index contributed by atoms with van der Waals surface area (Å²) < 4.78 is 30.7. The first-order chi connectivity index (χ1) is 11.8. The van der Waals surface area contributed by atoms with Crippen molar-refractivity contribution in [1.29, 1.82) is 0 Å². The number of hydrogen-bond donors (Lipinski definition) is 2. The number of rotatable bonds is 4. The van der Waals surface area contributed by atoms with Crippen LogP contribution >= 0.6 is 0 Å². The van der Waals surface area contributed by atoms with Crippen molar-refractivity contribution in [2.24, 2.45) is 0 Å². The summed E-state index contributed by atoms with van der Waals surface area (Å²) in [5.74, 6) is -2.02. The molecule has 1 atom stereocenters. The minimum Gasteiger partial charge on any atom is -0.480 e. The highest BCUT2D eigenvalue weighted by Gasteiger charge is 2.36. The predicted molar refractivity (Wildman–Crippen MR) is 86.4 cm³/mol. The Morgan fingerprint density at radius 1 is 1.20 bits per heavy atom. The van der Waals surface area contributed by atoms with Crippen LogP contribution in [0.4, 0.5) is 0 Å². The molecule has 0 saturated heterocycles. The summed E-state index contributed by atoms with van der Waals surface area (Å²) in [6.07, 6.45) is 0.180. The van der Waals surface area contributed by atoms with Gasteiger partial charge in [0.15, 0.2) is 5.76 Å².